The molecule has 0 rings (SSSR count). The summed E-state index contributed by atoms with van der Waals surface area (Å²) in [6.07, 6.45) is 41.8. The maximum Gasteiger partial charge on any atom is 0.305 e. The van der Waals surface area contributed by atoms with Gasteiger partial charge in [0.25, 0.3) is 0 Å². The van der Waals surface area contributed by atoms with Crippen molar-refractivity contribution in [2.75, 3.05) is 6.61 Å². The van der Waals surface area contributed by atoms with Crippen LogP contribution in [0.5, 0.6) is 0 Å². The maximum atomic E-state index is 11.9. The van der Waals surface area contributed by atoms with Gasteiger partial charge in [-0.3, -0.25) is 4.79 Å². The second-order valence-electron chi connectivity index (χ2n) is 10.1. The standard InChI is InChI=1S/C33H60O2/c1-3-5-7-9-11-13-15-17-18-19-21-23-25-27-29-31-33(34)35-32-30-28-26-24-22-20-16-14-12-10-8-6-4-2/h5,7,11,13,17-18H,3-4,6,8-10,12,14-16,19-32H2,1-2H3/b7-5-,13-11-,18-17-. The monoisotopic (exact) mass is 488 g/mol. The van der Waals surface area contributed by atoms with E-state index in [1.165, 1.54) is 103 Å². The minimum Gasteiger partial charge on any atom is -0.466 e. The summed E-state index contributed by atoms with van der Waals surface area (Å²) in [7, 11) is 0. The topological polar surface area (TPSA) is 26.3 Å². The van der Waals surface area contributed by atoms with Gasteiger partial charge in [-0.25, -0.2) is 0 Å². The Labute approximate surface area is 220 Å². The Bertz CT molecular complexity index is 503. The van der Waals surface area contributed by atoms with E-state index in [9.17, 15) is 4.79 Å². The highest BCUT2D eigenvalue weighted by Crippen LogP contribution is 2.13. The molecule has 2 heteroatoms. The molecule has 0 saturated heterocycles. The Morgan fingerprint density at radius 3 is 1.54 bits per heavy atom. The number of unbranched alkanes of at least 4 members (excludes halogenated alkanes) is 17. The molecule has 0 spiro atoms. The Morgan fingerprint density at radius 2 is 0.971 bits per heavy atom. The van der Waals surface area contributed by atoms with E-state index in [-0.39, 0.29) is 5.97 Å². The van der Waals surface area contributed by atoms with E-state index in [1.54, 1.807) is 0 Å². The van der Waals surface area contributed by atoms with Crippen LogP contribution in [0, 0.1) is 0 Å². The minimum absolute atomic E-state index is 0.00473. The highest BCUT2D eigenvalue weighted by Gasteiger charge is 2.02. The molecule has 0 aromatic heterocycles. The molecule has 35 heavy (non-hydrogen) atoms. The van der Waals surface area contributed by atoms with Gasteiger partial charge >= 0.3 is 5.97 Å². The smallest absolute Gasteiger partial charge is 0.305 e. The molecule has 0 radical (unpaired) electrons. The fourth-order valence-corrected chi connectivity index (χ4v) is 4.27. The number of hydrogen-bond donors (Lipinski definition) is 0. The molecule has 0 aliphatic rings. The molecule has 0 fully saturated rings. The third-order valence-corrected chi connectivity index (χ3v) is 6.54. The molecule has 0 aliphatic carbocycles. The largest absolute Gasteiger partial charge is 0.466 e. The molecule has 0 aliphatic heterocycles. The molecule has 2 nitrogen and oxygen atoms in total. The molecule has 204 valence electrons. The quantitative estimate of drug-likeness (QED) is 0.0652. The van der Waals surface area contributed by atoms with E-state index in [1.807, 2.05) is 0 Å². The highest BCUT2D eigenvalue weighted by molar-refractivity contribution is 5.69. The molecule has 0 atom stereocenters. The van der Waals surface area contributed by atoms with Gasteiger partial charge < -0.3 is 4.74 Å². The van der Waals surface area contributed by atoms with Crippen molar-refractivity contribution < 1.29 is 9.53 Å². The zero-order valence-corrected chi connectivity index (χ0v) is 23.8. The molecule has 0 heterocycles. The van der Waals surface area contributed by atoms with Crippen molar-refractivity contribution in [3.63, 3.8) is 0 Å². The Balaban J connectivity index is 3.25. The van der Waals surface area contributed by atoms with Gasteiger partial charge in [0, 0.05) is 6.42 Å². The summed E-state index contributed by atoms with van der Waals surface area (Å²) in [6, 6.07) is 0. The number of hydrogen-bond acceptors (Lipinski definition) is 2. The third kappa shape index (κ3) is 30.7. The normalized spacial score (nSPS) is 11.9. The van der Waals surface area contributed by atoms with Gasteiger partial charge in [-0.2, -0.15) is 0 Å². The molecule has 0 aromatic carbocycles. The van der Waals surface area contributed by atoms with Gasteiger partial charge in [0.15, 0.2) is 0 Å². The summed E-state index contributed by atoms with van der Waals surface area (Å²) in [4.78, 5) is 11.9. The zero-order valence-electron chi connectivity index (χ0n) is 23.8. The molecule has 0 unspecified atom stereocenters. The summed E-state index contributed by atoms with van der Waals surface area (Å²) in [6.45, 7) is 5.06. The van der Waals surface area contributed by atoms with E-state index in [0.29, 0.717) is 13.0 Å². The number of esters is 1. The van der Waals surface area contributed by atoms with E-state index in [4.69, 9.17) is 4.74 Å². The first-order valence-electron chi connectivity index (χ1n) is 15.4. The van der Waals surface area contributed by atoms with Crippen molar-refractivity contribution in [1.29, 1.82) is 0 Å². The van der Waals surface area contributed by atoms with E-state index >= 15 is 0 Å². The van der Waals surface area contributed by atoms with Gasteiger partial charge in [0.1, 0.15) is 0 Å². The Hall–Kier alpha value is -1.31. The summed E-state index contributed by atoms with van der Waals surface area (Å²) in [5.41, 5.74) is 0. The summed E-state index contributed by atoms with van der Waals surface area (Å²) in [5, 5.41) is 0. The van der Waals surface area contributed by atoms with Crippen LogP contribution >= 0.6 is 0 Å². The first-order valence-corrected chi connectivity index (χ1v) is 15.4. The van der Waals surface area contributed by atoms with Crippen LogP contribution in [0.2, 0.25) is 0 Å². The SMILES string of the molecule is CC/C=C\C/C=C\C/C=C\CCCCCCCC(=O)OCCCCCCCCCCCCCCC. The molecule has 0 amide bonds. The summed E-state index contributed by atoms with van der Waals surface area (Å²) < 4.78 is 5.40. The fraction of sp³-hybridized carbons (Fsp3) is 0.788. The van der Waals surface area contributed by atoms with Crippen LogP contribution in [0.1, 0.15) is 162 Å². The Kier molecular flexibility index (Phi) is 29.6. The van der Waals surface area contributed by atoms with Crippen molar-refractivity contribution in [3.05, 3.63) is 36.5 Å². The van der Waals surface area contributed by atoms with Crippen LogP contribution in [-0.4, -0.2) is 12.6 Å². The minimum atomic E-state index is 0.00473. The summed E-state index contributed by atoms with van der Waals surface area (Å²) >= 11 is 0. The van der Waals surface area contributed by atoms with Crippen LogP contribution < -0.4 is 0 Å². The van der Waals surface area contributed by atoms with Crippen molar-refractivity contribution in [3.8, 4) is 0 Å². The average Bonchev–Trinajstić information content (AvgIpc) is 2.86. The van der Waals surface area contributed by atoms with Crippen LogP contribution in [0.4, 0.5) is 0 Å². The second kappa shape index (κ2) is 30.7. The molecule has 0 saturated carbocycles. The Morgan fingerprint density at radius 1 is 0.514 bits per heavy atom. The van der Waals surface area contributed by atoms with Gasteiger partial charge in [-0.05, 0) is 44.9 Å². The van der Waals surface area contributed by atoms with Crippen LogP contribution in [0.3, 0.4) is 0 Å². The van der Waals surface area contributed by atoms with Crippen molar-refractivity contribution in [2.24, 2.45) is 0 Å². The van der Waals surface area contributed by atoms with Crippen molar-refractivity contribution in [1.82, 2.24) is 0 Å². The number of rotatable bonds is 27. The molecule has 0 bridgehead atoms. The van der Waals surface area contributed by atoms with Crippen LogP contribution in [0.15, 0.2) is 36.5 Å². The fourth-order valence-electron chi connectivity index (χ4n) is 4.27. The number of carbonyl (C=O) groups is 1. The lowest BCUT2D eigenvalue weighted by atomic mass is 10.0. The van der Waals surface area contributed by atoms with Crippen molar-refractivity contribution in [2.45, 2.75) is 162 Å². The zero-order chi connectivity index (χ0) is 25.5. The predicted molar refractivity (Wildman–Crippen MR) is 156 cm³/mol. The molecular formula is C33H60O2. The number of ether oxygens (including phenoxy) is 1. The van der Waals surface area contributed by atoms with Gasteiger partial charge in [0.05, 0.1) is 6.61 Å². The van der Waals surface area contributed by atoms with E-state index < -0.39 is 0 Å². The lowest BCUT2D eigenvalue weighted by Gasteiger charge is -2.05. The first kappa shape index (κ1) is 33.7. The third-order valence-electron chi connectivity index (χ3n) is 6.54. The van der Waals surface area contributed by atoms with Gasteiger partial charge in [0.2, 0.25) is 0 Å². The second-order valence-corrected chi connectivity index (χ2v) is 10.1. The molecule has 0 aromatic rings. The average molecular weight is 489 g/mol. The van der Waals surface area contributed by atoms with E-state index in [0.717, 1.165) is 38.5 Å². The molecular weight excluding hydrogens is 428 g/mol. The van der Waals surface area contributed by atoms with E-state index in [2.05, 4.69) is 50.3 Å². The van der Waals surface area contributed by atoms with Crippen LogP contribution in [-0.2, 0) is 9.53 Å². The number of carbonyl (C=O) groups excluding carboxylic acids is 1. The summed E-state index contributed by atoms with van der Waals surface area (Å²) in [5.74, 6) is 0.00473. The first-order chi connectivity index (χ1) is 17.3. The highest BCUT2D eigenvalue weighted by atomic mass is 16.5. The van der Waals surface area contributed by atoms with Gasteiger partial charge in [-0.1, -0.05) is 147 Å². The maximum absolute atomic E-state index is 11.9. The lowest BCUT2D eigenvalue weighted by Crippen LogP contribution is -2.05. The van der Waals surface area contributed by atoms with Crippen LogP contribution in [0.25, 0.3) is 0 Å². The lowest BCUT2D eigenvalue weighted by molar-refractivity contribution is -0.143. The van der Waals surface area contributed by atoms with Crippen molar-refractivity contribution >= 4 is 5.97 Å². The predicted octanol–water partition coefficient (Wildman–Crippen LogP) is 11.2. The molecule has 0 N–H and O–H groups in total. The van der Waals surface area contributed by atoms with Gasteiger partial charge in [-0.15, -0.1) is 0 Å². The number of allylic oxidation sites excluding steroid dienone is 6.